The van der Waals surface area contributed by atoms with Crippen LogP contribution in [0.15, 0.2) is 78.9 Å². The lowest BCUT2D eigenvalue weighted by atomic mass is 10.1. The summed E-state index contributed by atoms with van der Waals surface area (Å²) in [5.74, 6) is -0.164. The lowest BCUT2D eigenvalue weighted by Gasteiger charge is -2.35. The van der Waals surface area contributed by atoms with Crippen LogP contribution < -0.4 is 10.2 Å². The van der Waals surface area contributed by atoms with Gasteiger partial charge in [-0.3, -0.25) is 9.69 Å². The Balaban J connectivity index is 1.44. The SMILES string of the molecule is Cc1cccc(NC(=O)c2ccc(N3CCCN(Cc4ccccc4)C3=O)cc2)c1. The van der Waals surface area contributed by atoms with E-state index < -0.39 is 0 Å². The summed E-state index contributed by atoms with van der Waals surface area (Å²) in [5, 5.41) is 2.91. The Bertz CT molecular complexity index is 1030. The van der Waals surface area contributed by atoms with Crippen LogP contribution in [0.25, 0.3) is 0 Å². The molecule has 0 unspecified atom stereocenters. The number of hydrogen-bond donors (Lipinski definition) is 1. The van der Waals surface area contributed by atoms with Crippen LogP contribution in [0.2, 0.25) is 0 Å². The number of carbonyl (C=O) groups is 2. The standard InChI is InChI=1S/C25H25N3O2/c1-19-7-5-10-22(17-19)26-24(29)21-11-13-23(14-12-21)28-16-6-15-27(25(28)30)18-20-8-3-2-4-9-20/h2-5,7-14,17H,6,15-16,18H2,1H3,(H,26,29). The molecule has 5 nitrogen and oxygen atoms in total. The van der Waals surface area contributed by atoms with Crippen LogP contribution in [0.5, 0.6) is 0 Å². The van der Waals surface area contributed by atoms with Gasteiger partial charge < -0.3 is 10.2 Å². The van der Waals surface area contributed by atoms with Crippen LogP contribution in [0.4, 0.5) is 16.2 Å². The van der Waals surface area contributed by atoms with Crippen molar-refractivity contribution in [2.45, 2.75) is 19.9 Å². The van der Waals surface area contributed by atoms with Crippen LogP contribution in [-0.4, -0.2) is 29.9 Å². The molecule has 0 spiro atoms. The fourth-order valence-electron chi connectivity index (χ4n) is 3.69. The lowest BCUT2D eigenvalue weighted by Crippen LogP contribution is -2.49. The first-order valence-electron chi connectivity index (χ1n) is 10.2. The van der Waals surface area contributed by atoms with E-state index in [4.69, 9.17) is 0 Å². The Labute approximate surface area is 176 Å². The minimum Gasteiger partial charge on any atom is -0.322 e. The van der Waals surface area contributed by atoms with Crippen molar-refractivity contribution in [3.8, 4) is 0 Å². The normalized spacial score (nSPS) is 14.0. The van der Waals surface area contributed by atoms with E-state index in [0.717, 1.165) is 35.5 Å². The predicted molar refractivity (Wildman–Crippen MR) is 120 cm³/mol. The van der Waals surface area contributed by atoms with Gasteiger partial charge in [-0.2, -0.15) is 0 Å². The highest BCUT2D eigenvalue weighted by Crippen LogP contribution is 2.22. The Hall–Kier alpha value is -3.60. The van der Waals surface area contributed by atoms with Crippen molar-refractivity contribution in [1.29, 1.82) is 0 Å². The van der Waals surface area contributed by atoms with Gasteiger partial charge in [0.2, 0.25) is 0 Å². The van der Waals surface area contributed by atoms with Crippen molar-refractivity contribution in [1.82, 2.24) is 4.90 Å². The molecule has 3 aromatic carbocycles. The lowest BCUT2D eigenvalue weighted by molar-refractivity contribution is 0.102. The number of carbonyl (C=O) groups excluding carboxylic acids is 2. The topological polar surface area (TPSA) is 52.7 Å². The molecule has 4 rings (SSSR count). The molecule has 0 aromatic heterocycles. The largest absolute Gasteiger partial charge is 0.324 e. The van der Waals surface area contributed by atoms with Crippen molar-refractivity contribution in [2.75, 3.05) is 23.3 Å². The quantitative estimate of drug-likeness (QED) is 0.650. The molecule has 3 aromatic rings. The zero-order valence-electron chi connectivity index (χ0n) is 17.0. The summed E-state index contributed by atoms with van der Waals surface area (Å²) in [4.78, 5) is 29.2. The second-order valence-corrected chi connectivity index (χ2v) is 7.57. The van der Waals surface area contributed by atoms with Gasteiger partial charge in [0.1, 0.15) is 0 Å². The minimum absolute atomic E-state index is 0.00191. The number of urea groups is 1. The number of hydrogen-bond acceptors (Lipinski definition) is 2. The van der Waals surface area contributed by atoms with E-state index in [0.29, 0.717) is 18.7 Å². The fraction of sp³-hybridized carbons (Fsp3) is 0.200. The smallest absolute Gasteiger partial charge is 0.322 e. The van der Waals surface area contributed by atoms with Crippen molar-refractivity contribution < 1.29 is 9.59 Å². The second-order valence-electron chi connectivity index (χ2n) is 7.57. The number of benzene rings is 3. The third kappa shape index (κ3) is 4.51. The van der Waals surface area contributed by atoms with Gasteiger partial charge in [-0.1, -0.05) is 42.5 Å². The maximum Gasteiger partial charge on any atom is 0.324 e. The molecule has 0 aliphatic carbocycles. The summed E-state index contributed by atoms with van der Waals surface area (Å²) < 4.78 is 0. The molecular weight excluding hydrogens is 374 g/mol. The molecule has 1 saturated heterocycles. The highest BCUT2D eigenvalue weighted by atomic mass is 16.2. The summed E-state index contributed by atoms with van der Waals surface area (Å²) >= 11 is 0. The zero-order chi connectivity index (χ0) is 20.9. The first-order chi connectivity index (χ1) is 14.6. The van der Waals surface area contributed by atoms with Gasteiger partial charge in [0.05, 0.1) is 0 Å². The molecule has 3 amide bonds. The van der Waals surface area contributed by atoms with Gasteiger partial charge in [-0.25, -0.2) is 4.79 Å². The number of nitrogens with zero attached hydrogens (tertiary/aromatic N) is 2. The third-order valence-electron chi connectivity index (χ3n) is 5.24. The fourth-order valence-corrected chi connectivity index (χ4v) is 3.69. The van der Waals surface area contributed by atoms with E-state index in [9.17, 15) is 9.59 Å². The molecule has 1 aliphatic heterocycles. The molecule has 0 atom stereocenters. The van der Waals surface area contributed by atoms with E-state index in [1.807, 2.05) is 78.6 Å². The Morgan fingerprint density at radius 3 is 2.43 bits per heavy atom. The Morgan fingerprint density at radius 1 is 0.933 bits per heavy atom. The molecule has 5 heteroatoms. The summed E-state index contributed by atoms with van der Waals surface area (Å²) in [6, 6.07) is 24.9. The van der Waals surface area contributed by atoms with Crippen molar-refractivity contribution in [3.05, 3.63) is 95.6 Å². The minimum atomic E-state index is -0.164. The molecule has 1 aliphatic rings. The predicted octanol–water partition coefficient (Wildman–Crippen LogP) is 5.08. The molecule has 0 radical (unpaired) electrons. The highest BCUT2D eigenvalue weighted by Gasteiger charge is 2.26. The monoisotopic (exact) mass is 399 g/mol. The highest BCUT2D eigenvalue weighted by molar-refractivity contribution is 6.04. The first-order valence-corrected chi connectivity index (χ1v) is 10.2. The third-order valence-corrected chi connectivity index (χ3v) is 5.24. The van der Waals surface area contributed by atoms with E-state index in [1.165, 1.54) is 0 Å². The van der Waals surface area contributed by atoms with E-state index in [1.54, 1.807) is 17.0 Å². The van der Waals surface area contributed by atoms with Crippen molar-refractivity contribution in [3.63, 3.8) is 0 Å². The maximum atomic E-state index is 13.0. The number of anilines is 2. The van der Waals surface area contributed by atoms with Crippen LogP contribution in [0.1, 0.15) is 27.9 Å². The van der Waals surface area contributed by atoms with Gasteiger partial charge in [0.25, 0.3) is 5.91 Å². The first kappa shape index (κ1) is 19.7. The number of nitrogens with one attached hydrogen (secondary N) is 1. The Kier molecular flexibility index (Phi) is 5.80. The van der Waals surface area contributed by atoms with Crippen LogP contribution in [0.3, 0.4) is 0 Å². The molecule has 30 heavy (non-hydrogen) atoms. The van der Waals surface area contributed by atoms with E-state index in [-0.39, 0.29) is 11.9 Å². The van der Waals surface area contributed by atoms with Crippen LogP contribution in [-0.2, 0) is 6.54 Å². The summed E-state index contributed by atoms with van der Waals surface area (Å²) in [6.07, 6.45) is 0.911. The molecule has 0 saturated carbocycles. The summed E-state index contributed by atoms with van der Waals surface area (Å²) in [6.45, 7) is 4.02. The van der Waals surface area contributed by atoms with Crippen LogP contribution in [0, 0.1) is 6.92 Å². The van der Waals surface area contributed by atoms with Gasteiger partial charge in [0.15, 0.2) is 0 Å². The average molecular weight is 399 g/mol. The molecule has 152 valence electrons. The van der Waals surface area contributed by atoms with E-state index >= 15 is 0 Å². The second kappa shape index (κ2) is 8.82. The van der Waals surface area contributed by atoms with Crippen molar-refractivity contribution >= 4 is 23.3 Å². The zero-order valence-corrected chi connectivity index (χ0v) is 17.0. The van der Waals surface area contributed by atoms with Gasteiger partial charge in [-0.15, -0.1) is 0 Å². The Morgan fingerprint density at radius 2 is 1.70 bits per heavy atom. The summed E-state index contributed by atoms with van der Waals surface area (Å²) in [7, 11) is 0. The van der Waals surface area contributed by atoms with E-state index in [2.05, 4.69) is 5.32 Å². The van der Waals surface area contributed by atoms with Crippen molar-refractivity contribution in [2.24, 2.45) is 0 Å². The van der Waals surface area contributed by atoms with Gasteiger partial charge >= 0.3 is 6.03 Å². The number of aryl methyl sites for hydroxylation is 1. The van der Waals surface area contributed by atoms with Gasteiger partial charge in [0, 0.05) is 36.6 Å². The molecule has 0 bridgehead atoms. The summed E-state index contributed by atoms with van der Waals surface area (Å²) in [5.41, 5.74) is 4.35. The molecule has 1 heterocycles. The van der Waals surface area contributed by atoms with Crippen LogP contribution >= 0.6 is 0 Å². The van der Waals surface area contributed by atoms with Gasteiger partial charge in [-0.05, 0) is 60.9 Å². The molecular formula is C25H25N3O2. The molecule has 1 fully saturated rings. The average Bonchev–Trinajstić information content (AvgIpc) is 2.76. The maximum absolute atomic E-state index is 13.0. The number of amides is 3. The number of rotatable bonds is 5. The molecule has 1 N–H and O–H groups in total.